The second kappa shape index (κ2) is 19.7. The lowest BCUT2D eigenvalue weighted by Gasteiger charge is -2.35. The molecule has 0 saturated heterocycles. The predicted octanol–water partition coefficient (Wildman–Crippen LogP) is 7.71. The molecular weight excluding hydrogens is 445 g/mol. The molecule has 3 N–H and O–H groups in total. The summed E-state index contributed by atoms with van der Waals surface area (Å²) in [5, 5.41) is 8.62. The first-order valence-corrected chi connectivity index (χ1v) is 15.5. The third-order valence-electron chi connectivity index (χ3n) is 6.27. The molecule has 0 aromatic heterocycles. The lowest BCUT2D eigenvalue weighted by Crippen LogP contribution is -2.49. The molecule has 0 saturated carbocycles. The standard InChI is InChI=1S/C28H56NO4P/c1-5-6-7-8-9-10-11-12-13-14-15-16-17-18-19-20-21-22-23-24-25-26-28(30,34(31,32)33)27-29(2,3)4/h9-10,20-21,30H,5-8,11-19,22-27H2,1-4H3,(H-,31,32,33)/p+1/b10-9-,21-20-. The summed E-state index contributed by atoms with van der Waals surface area (Å²) in [6.07, 6.45) is 29.9. The van der Waals surface area contributed by atoms with Crippen LogP contribution in [-0.2, 0) is 4.57 Å². The van der Waals surface area contributed by atoms with Crippen LogP contribution in [0, 0.1) is 0 Å². The van der Waals surface area contributed by atoms with Crippen molar-refractivity contribution in [3.05, 3.63) is 24.3 Å². The highest BCUT2D eigenvalue weighted by atomic mass is 31.2. The first kappa shape index (κ1) is 33.5. The minimum Gasteiger partial charge on any atom is -0.373 e. The number of quaternary nitrogens is 1. The lowest BCUT2D eigenvalue weighted by molar-refractivity contribution is -0.875. The molecule has 0 aromatic carbocycles. The van der Waals surface area contributed by atoms with Gasteiger partial charge in [0.15, 0.2) is 0 Å². The van der Waals surface area contributed by atoms with Gasteiger partial charge >= 0.3 is 7.60 Å². The zero-order valence-electron chi connectivity index (χ0n) is 22.9. The van der Waals surface area contributed by atoms with E-state index in [9.17, 15) is 19.5 Å². The highest BCUT2D eigenvalue weighted by Gasteiger charge is 2.48. The normalized spacial score (nSPS) is 14.9. The number of likely N-dealkylation sites (N-methyl/N-ethyl adjacent to an activating group) is 1. The largest absolute Gasteiger partial charge is 0.373 e. The van der Waals surface area contributed by atoms with Crippen molar-refractivity contribution in [2.24, 2.45) is 0 Å². The Labute approximate surface area is 211 Å². The van der Waals surface area contributed by atoms with Crippen molar-refractivity contribution in [3.63, 3.8) is 0 Å². The summed E-state index contributed by atoms with van der Waals surface area (Å²) in [6.45, 7) is 2.30. The van der Waals surface area contributed by atoms with Crippen LogP contribution in [-0.4, -0.2) is 52.4 Å². The molecule has 0 rings (SSSR count). The first-order chi connectivity index (χ1) is 16.0. The van der Waals surface area contributed by atoms with Crippen LogP contribution < -0.4 is 0 Å². The molecule has 0 radical (unpaired) electrons. The van der Waals surface area contributed by atoms with Crippen LogP contribution >= 0.6 is 7.60 Å². The minimum absolute atomic E-state index is 0.0493. The number of hydrogen-bond donors (Lipinski definition) is 3. The van der Waals surface area contributed by atoms with Gasteiger partial charge in [-0.15, -0.1) is 0 Å². The molecule has 0 fully saturated rings. The molecule has 0 aliphatic heterocycles. The summed E-state index contributed by atoms with van der Waals surface area (Å²) in [6, 6.07) is 0. The summed E-state index contributed by atoms with van der Waals surface area (Å²) in [4.78, 5) is 19.2. The van der Waals surface area contributed by atoms with Crippen LogP contribution in [0.4, 0.5) is 0 Å². The Morgan fingerprint density at radius 1 is 0.647 bits per heavy atom. The molecular formula is C28H57NO4P+. The van der Waals surface area contributed by atoms with Crippen LogP contribution in [0.25, 0.3) is 0 Å². The van der Waals surface area contributed by atoms with Crippen LogP contribution in [0.2, 0.25) is 0 Å². The summed E-state index contributed by atoms with van der Waals surface area (Å²) >= 11 is 0. The highest BCUT2D eigenvalue weighted by Crippen LogP contribution is 2.52. The third-order valence-corrected chi connectivity index (χ3v) is 7.72. The second-order valence-corrected chi connectivity index (χ2v) is 13.0. The number of unbranched alkanes of at least 4 members (excludes halogenated alkanes) is 14. The molecule has 0 heterocycles. The number of rotatable bonds is 23. The van der Waals surface area contributed by atoms with E-state index in [1.807, 2.05) is 21.1 Å². The fraction of sp³-hybridized carbons (Fsp3) is 0.857. The number of nitrogens with zero attached hydrogens (tertiary/aromatic N) is 1. The van der Waals surface area contributed by atoms with Crippen molar-refractivity contribution in [2.45, 2.75) is 128 Å². The summed E-state index contributed by atoms with van der Waals surface area (Å²) in [7, 11) is 0.947. The maximum atomic E-state index is 11.8. The summed E-state index contributed by atoms with van der Waals surface area (Å²) in [5.74, 6) is 0. The van der Waals surface area contributed by atoms with Gasteiger partial charge in [0.05, 0.1) is 21.1 Å². The Bertz CT molecular complexity index is 579. The van der Waals surface area contributed by atoms with Crippen LogP contribution in [0.15, 0.2) is 24.3 Å². The zero-order valence-corrected chi connectivity index (χ0v) is 23.8. The average Bonchev–Trinajstić information content (AvgIpc) is 2.73. The van der Waals surface area contributed by atoms with Crippen molar-refractivity contribution in [2.75, 3.05) is 27.7 Å². The third kappa shape index (κ3) is 19.8. The van der Waals surface area contributed by atoms with Gasteiger partial charge in [0, 0.05) is 0 Å². The van der Waals surface area contributed by atoms with E-state index in [2.05, 4.69) is 31.2 Å². The Hall–Kier alpha value is -0.450. The number of aliphatic hydroxyl groups is 1. The molecule has 1 unspecified atom stereocenters. The van der Waals surface area contributed by atoms with Gasteiger partial charge in [0.1, 0.15) is 6.54 Å². The lowest BCUT2D eigenvalue weighted by atomic mass is 10.1. The molecule has 1 atom stereocenters. The van der Waals surface area contributed by atoms with Gasteiger partial charge in [0.2, 0.25) is 5.34 Å². The second-order valence-electron chi connectivity index (χ2n) is 11.1. The van der Waals surface area contributed by atoms with Gasteiger partial charge in [-0.25, -0.2) is 0 Å². The van der Waals surface area contributed by atoms with Crippen molar-refractivity contribution >= 4 is 7.60 Å². The fourth-order valence-corrected chi connectivity index (χ4v) is 5.37. The van der Waals surface area contributed by atoms with E-state index in [1.54, 1.807) is 0 Å². The van der Waals surface area contributed by atoms with Gasteiger partial charge in [0.25, 0.3) is 0 Å². The molecule has 0 aromatic rings. The van der Waals surface area contributed by atoms with Crippen molar-refractivity contribution < 1.29 is 23.9 Å². The van der Waals surface area contributed by atoms with E-state index in [1.165, 1.54) is 77.0 Å². The van der Waals surface area contributed by atoms with E-state index >= 15 is 0 Å². The molecule has 0 aliphatic rings. The molecule has 202 valence electrons. The molecule has 0 amide bonds. The zero-order chi connectivity index (χ0) is 25.8. The molecule has 6 heteroatoms. The minimum atomic E-state index is -4.56. The Kier molecular flexibility index (Phi) is 19.4. The van der Waals surface area contributed by atoms with Gasteiger partial charge in [-0.2, -0.15) is 0 Å². The highest BCUT2D eigenvalue weighted by molar-refractivity contribution is 7.53. The van der Waals surface area contributed by atoms with E-state index in [0.29, 0.717) is 10.9 Å². The monoisotopic (exact) mass is 502 g/mol. The van der Waals surface area contributed by atoms with Crippen LogP contribution in [0.1, 0.15) is 122 Å². The first-order valence-electron chi connectivity index (χ1n) is 13.9. The van der Waals surface area contributed by atoms with Crippen LogP contribution in [0.3, 0.4) is 0 Å². The van der Waals surface area contributed by atoms with E-state index in [0.717, 1.165) is 25.7 Å². The van der Waals surface area contributed by atoms with Gasteiger partial charge in [-0.1, -0.05) is 82.6 Å². The quantitative estimate of drug-likeness (QED) is 0.0578. The fourth-order valence-electron chi connectivity index (χ4n) is 4.32. The molecule has 5 nitrogen and oxygen atoms in total. The Morgan fingerprint density at radius 3 is 1.35 bits per heavy atom. The van der Waals surface area contributed by atoms with E-state index in [-0.39, 0.29) is 13.0 Å². The molecule has 34 heavy (non-hydrogen) atoms. The average molecular weight is 503 g/mol. The smallest absolute Gasteiger partial charge is 0.362 e. The molecule has 0 aliphatic carbocycles. The maximum absolute atomic E-state index is 11.8. The Balaban J connectivity index is 3.61. The van der Waals surface area contributed by atoms with E-state index in [4.69, 9.17) is 0 Å². The SMILES string of the molecule is CCCCC/C=C\CCCCCCCCC/C=C\CCCCCC(O)(C[N+](C)(C)C)P(=O)(O)O. The van der Waals surface area contributed by atoms with Gasteiger partial charge < -0.3 is 19.4 Å². The number of allylic oxidation sites excluding steroid dienone is 4. The van der Waals surface area contributed by atoms with Crippen LogP contribution in [0.5, 0.6) is 0 Å². The topological polar surface area (TPSA) is 77.8 Å². The molecule has 0 spiro atoms. The van der Waals surface area contributed by atoms with Crippen molar-refractivity contribution in [1.82, 2.24) is 0 Å². The predicted molar refractivity (Wildman–Crippen MR) is 147 cm³/mol. The summed E-state index contributed by atoms with van der Waals surface area (Å²) < 4.78 is 12.1. The Morgan fingerprint density at radius 2 is 1.00 bits per heavy atom. The van der Waals surface area contributed by atoms with E-state index < -0.39 is 12.9 Å². The van der Waals surface area contributed by atoms with Crippen molar-refractivity contribution in [3.8, 4) is 0 Å². The van der Waals surface area contributed by atoms with Gasteiger partial charge in [-0.3, -0.25) is 4.57 Å². The maximum Gasteiger partial charge on any atom is 0.362 e. The molecule has 0 bridgehead atoms. The number of hydrogen-bond acceptors (Lipinski definition) is 2. The van der Waals surface area contributed by atoms with Crippen molar-refractivity contribution in [1.29, 1.82) is 0 Å². The summed E-state index contributed by atoms with van der Waals surface area (Å²) in [5.41, 5.74) is 0. The van der Waals surface area contributed by atoms with Gasteiger partial charge in [-0.05, 0) is 64.2 Å².